The van der Waals surface area contributed by atoms with Gasteiger partial charge in [-0.2, -0.15) is 4.31 Å². The highest BCUT2D eigenvalue weighted by atomic mass is 32.2. The molecule has 2 heterocycles. The number of carbonyl (C=O) groups is 1. The Hall–Kier alpha value is -1.64. The summed E-state index contributed by atoms with van der Waals surface area (Å²) in [7, 11) is 1.79. The predicted molar refractivity (Wildman–Crippen MR) is 106 cm³/mol. The number of carbonyl (C=O) groups excluding carboxylic acids is 1. The van der Waals surface area contributed by atoms with Crippen molar-refractivity contribution in [2.45, 2.75) is 44.1 Å². The third kappa shape index (κ3) is 3.77. The van der Waals surface area contributed by atoms with Gasteiger partial charge in [-0.25, -0.2) is 8.42 Å². The lowest BCUT2D eigenvalue weighted by molar-refractivity contribution is -0.150. The van der Waals surface area contributed by atoms with Gasteiger partial charge in [0, 0.05) is 32.1 Å². The van der Waals surface area contributed by atoms with E-state index in [0.717, 1.165) is 5.56 Å². The van der Waals surface area contributed by atoms with Crippen LogP contribution in [0, 0.1) is 19.3 Å². The average molecular weight is 411 g/mol. The zero-order valence-corrected chi connectivity index (χ0v) is 18.1. The van der Waals surface area contributed by atoms with Crippen molar-refractivity contribution in [2.75, 3.05) is 40.8 Å². The number of cyclic esters (lactones) is 1. The molecule has 7 nitrogen and oxygen atoms in total. The molecule has 1 aromatic carbocycles. The first kappa shape index (κ1) is 21.1. The summed E-state index contributed by atoms with van der Waals surface area (Å²) in [5, 5.41) is 0. The second kappa shape index (κ2) is 7.65. The predicted octanol–water partition coefficient (Wildman–Crippen LogP) is 1.96. The Morgan fingerprint density at radius 2 is 1.86 bits per heavy atom. The van der Waals surface area contributed by atoms with E-state index < -0.39 is 15.4 Å². The number of rotatable bonds is 5. The lowest BCUT2D eigenvalue weighted by atomic mass is 9.76. The molecule has 156 valence electrons. The van der Waals surface area contributed by atoms with Crippen LogP contribution in [0.3, 0.4) is 0 Å². The highest BCUT2D eigenvalue weighted by molar-refractivity contribution is 7.89. The van der Waals surface area contributed by atoms with E-state index in [0.29, 0.717) is 50.2 Å². The monoisotopic (exact) mass is 410 g/mol. The molecule has 0 aromatic heterocycles. The van der Waals surface area contributed by atoms with Crippen molar-refractivity contribution in [3.8, 4) is 5.75 Å². The molecule has 1 spiro atoms. The van der Waals surface area contributed by atoms with Gasteiger partial charge in [-0.05, 0) is 51.9 Å². The molecule has 3 rings (SSSR count). The van der Waals surface area contributed by atoms with E-state index >= 15 is 0 Å². The van der Waals surface area contributed by atoms with Crippen molar-refractivity contribution >= 4 is 16.0 Å². The maximum absolute atomic E-state index is 13.2. The van der Waals surface area contributed by atoms with Crippen molar-refractivity contribution in [3.63, 3.8) is 0 Å². The summed E-state index contributed by atoms with van der Waals surface area (Å²) < 4.78 is 38.8. The first-order valence-corrected chi connectivity index (χ1v) is 11.0. The topological polar surface area (TPSA) is 76.2 Å². The number of ether oxygens (including phenoxy) is 2. The Balaban J connectivity index is 1.77. The van der Waals surface area contributed by atoms with Crippen LogP contribution in [0.2, 0.25) is 0 Å². The Morgan fingerprint density at radius 1 is 1.21 bits per heavy atom. The molecular weight excluding hydrogens is 380 g/mol. The summed E-state index contributed by atoms with van der Waals surface area (Å²) in [6.45, 7) is 5.02. The van der Waals surface area contributed by atoms with Gasteiger partial charge in [0.25, 0.3) is 0 Å². The molecule has 0 saturated carbocycles. The summed E-state index contributed by atoms with van der Waals surface area (Å²) in [6, 6.07) is 3.43. The van der Waals surface area contributed by atoms with E-state index in [9.17, 15) is 13.2 Å². The van der Waals surface area contributed by atoms with Gasteiger partial charge in [-0.3, -0.25) is 4.79 Å². The van der Waals surface area contributed by atoms with Gasteiger partial charge in [0.15, 0.2) is 0 Å². The minimum atomic E-state index is -3.65. The summed E-state index contributed by atoms with van der Waals surface area (Å²) in [5.41, 5.74) is 1.05. The molecule has 0 aliphatic carbocycles. The molecule has 2 aliphatic rings. The quantitative estimate of drug-likeness (QED) is 0.691. The van der Waals surface area contributed by atoms with Crippen molar-refractivity contribution < 1.29 is 22.7 Å². The van der Waals surface area contributed by atoms with Crippen LogP contribution >= 0.6 is 0 Å². The van der Waals surface area contributed by atoms with Gasteiger partial charge in [0.2, 0.25) is 10.0 Å². The molecule has 28 heavy (non-hydrogen) atoms. The first-order chi connectivity index (χ1) is 13.1. The van der Waals surface area contributed by atoms with Crippen LogP contribution in [0.5, 0.6) is 5.75 Å². The second-order valence-electron chi connectivity index (χ2n) is 8.27. The minimum absolute atomic E-state index is 0.116. The second-order valence-corrected chi connectivity index (χ2v) is 10.2. The van der Waals surface area contributed by atoms with E-state index in [1.54, 1.807) is 13.0 Å². The maximum Gasteiger partial charge on any atom is 0.312 e. The van der Waals surface area contributed by atoms with E-state index in [2.05, 4.69) is 0 Å². The SMILES string of the molecule is COc1cc(S(=O)(=O)N2CCC3(CC2)CC(CN(C)C)OC3=O)c(C)cc1C. The summed E-state index contributed by atoms with van der Waals surface area (Å²) >= 11 is 0. The Morgan fingerprint density at radius 3 is 2.43 bits per heavy atom. The number of hydrogen-bond acceptors (Lipinski definition) is 6. The number of nitrogens with zero attached hydrogens (tertiary/aromatic N) is 2. The molecule has 1 atom stereocenters. The van der Waals surface area contributed by atoms with Crippen LogP contribution in [0.25, 0.3) is 0 Å². The van der Waals surface area contributed by atoms with E-state index in [1.807, 2.05) is 32.0 Å². The Labute approximate surface area is 167 Å². The summed E-state index contributed by atoms with van der Waals surface area (Å²) in [5.74, 6) is 0.383. The van der Waals surface area contributed by atoms with Crippen LogP contribution in [0.1, 0.15) is 30.4 Å². The van der Waals surface area contributed by atoms with Crippen molar-refractivity contribution in [1.29, 1.82) is 0 Å². The number of hydrogen-bond donors (Lipinski definition) is 0. The fourth-order valence-corrected chi connectivity index (χ4v) is 6.02. The van der Waals surface area contributed by atoms with Gasteiger partial charge >= 0.3 is 5.97 Å². The normalized spacial score (nSPS) is 22.6. The number of sulfonamides is 1. The van der Waals surface area contributed by atoms with Crippen LogP contribution in [-0.4, -0.2) is 70.5 Å². The molecule has 2 fully saturated rings. The molecule has 0 radical (unpaired) electrons. The van der Waals surface area contributed by atoms with Gasteiger partial charge in [0.05, 0.1) is 17.4 Å². The standard InChI is InChI=1S/C20H30N2O5S/c1-14-10-15(2)18(11-17(14)26-5)28(24,25)22-8-6-20(7-9-22)12-16(13-21(3)4)27-19(20)23/h10-11,16H,6-9,12-13H2,1-5H3. The van der Waals surface area contributed by atoms with E-state index in [4.69, 9.17) is 9.47 Å². The third-order valence-corrected chi connectivity index (χ3v) is 7.92. The lowest BCUT2D eigenvalue weighted by Gasteiger charge is -2.36. The Kier molecular flexibility index (Phi) is 5.76. The average Bonchev–Trinajstić information content (AvgIpc) is 2.89. The highest BCUT2D eigenvalue weighted by Crippen LogP contribution is 2.44. The van der Waals surface area contributed by atoms with Crippen LogP contribution in [-0.2, 0) is 19.6 Å². The highest BCUT2D eigenvalue weighted by Gasteiger charge is 2.51. The molecule has 0 amide bonds. The van der Waals surface area contributed by atoms with Crippen molar-refractivity contribution in [3.05, 3.63) is 23.3 Å². The summed E-state index contributed by atoms with van der Waals surface area (Å²) in [4.78, 5) is 14.8. The number of likely N-dealkylation sites (N-methyl/N-ethyl adjacent to an activating group) is 1. The van der Waals surface area contributed by atoms with Gasteiger partial charge < -0.3 is 14.4 Å². The zero-order chi connectivity index (χ0) is 20.7. The fourth-order valence-electron chi connectivity index (χ4n) is 4.36. The van der Waals surface area contributed by atoms with Crippen LogP contribution in [0.4, 0.5) is 0 Å². The molecular formula is C20H30N2O5S. The number of methoxy groups -OCH3 is 1. The molecule has 2 aliphatic heterocycles. The smallest absolute Gasteiger partial charge is 0.312 e. The first-order valence-electron chi connectivity index (χ1n) is 9.60. The lowest BCUT2D eigenvalue weighted by Crippen LogP contribution is -2.45. The van der Waals surface area contributed by atoms with Crippen molar-refractivity contribution in [1.82, 2.24) is 9.21 Å². The van der Waals surface area contributed by atoms with Gasteiger partial charge in [-0.1, -0.05) is 6.07 Å². The maximum atomic E-state index is 13.2. The number of aryl methyl sites for hydroxylation is 2. The third-order valence-electron chi connectivity index (χ3n) is 5.88. The zero-order valence-electron chi connectivity index (χ0n) is 17.3. The fraction of sp³-hybridized carbons (Fsp3) is 0.650. The molecule has 1 aromatic rings. The van der Waals surface area contributed by atoms with Crippen LogP contribution in [0.15, 0.2) is 17.0 Å². The van der Waals surface area contributed by atoms with Gasteiger partial charge in [0.1, 0.15) is 11.9 Å². The largest absolute Gasteiger partial charge is 0.496 e. The molecule has 0 bridgehead atoms. The van der Waals surface area contributed by atoms with Gasteiger partial charge in [-0.15, -0.1) is 0 Å². The van der Waals surface area contributed by atoms with E-state index in [-0.39, 0.29) is 17.0 Å². The number of piperidine rings is 1. The van der Waals surface area contributed by atoms with Crippen LogP contribution < -0.4 is 4.74 Å². The number of esters is 1. The van der Waals surface area contributed by atoms with Crippen molar-refractivity contribution in [2.24, 2.45) is 5.41 Å². The number of benzene rings is 1. The summed E-state index contributed by atoms with van der Waals surface area (Å²) in [6.07, 6.45) is 1.54. The molecule has 2 saturated heterocycles. The molecule has 1 unspecified atom stereocenters. The molecule has 0 N–H and O–H groups in total. The Bertz CT molecular complexity index is 858. The molecule has 8 heteroatoms. The minimum Gasteiger partial charge on any atom is -0.496 e. The van der Waals surface area contributed by atoms with E-state index in [1.165, 1.54) is 11.4 Å².